The van der Waals surface area contributed by atoms with E-state index in [9.17, 15) is 0 Å². The summed E-state index contributed by atoms with van der Waals surface area (Å²) in [5, 5.41) is 8.27. The summed E-state index contributed by atoms with van der Waals surface area (Å²) >= 11 is 13.2. The van der Waals surface area contributed by atoms with Crippen molar-refractivity contribution >= 4 is 86.2 Å². The molecule has 0 spiro atoms. The highest BCUT2D eigenvalue weighted by molar-refractivity contribution is 7.95. The Kier molecular flexibility index (Phi) is 12.3. The molecule has 0 aliphatic rings. The van der Waals surface area contributed by atoms with Gasteiger partial charge in [-0.15, -0.1) is 0 Å². The molecular weight excluding hydrogens is 785 g/mol. The molecule has 0 bridgehead atoms. The molecule has 5 heteroatoms. The average molecular weight is 828 g/mol. The normalized spacial score (nSPS) is 12.6. The molecule has 2 atom stereocenters. The highest BCUT2D eigenvalue weighted by Gasteiger charge is 2.36. The molecule has 0 amide bonds. The fourth-order valence-corrected chi connectivity index (χ4v) is 16.5. The third-order valence-corrected chi connectivity index (χ3v) is 19.5. The molecule has 0 saturated heterocycles. The minimum Gasteiger partial charge on any atom is -0.298 e. The highest BCUT2D eigenvalue weighted by Crippen LogP contribution is 2.49. The number of benzene rings is 8. The second kappa shape index (κ2) is 18.0. The standard InChI is InChI=1S/C53H42Cl2OP2/c54-43-35-31-41(32-36-43)51(39-57(45-19-7-1-8-20-45,46-21-9-2-10-22-46)47-23-11-3-12-24-47)53(56)52(42-33-37-44(55)38-34-42)40-58(48-25-13-4-14-26-48,49-27-15-5-16-28-49)50-29-17-6-18-30-50/h1-40,51-52H. The third-order valence-electron chi connectivity index (χ3n) is 10.8. The lowest BCUT2D eigenvalue weighted by molar-refractivity contribution is -0.118. The maximum absolute atomic E-state index is 16.5. The Morgan fingerprint density at radius 1 is 0.328 bits per heavy atom. The Labute approximate surface area is 352 Å². The van der Waals surface area contributed by atoms with Crippen LogP contribution in [0.1, 0.15) is 23.0 Å². The fourth-order valence-electron chi connectivity index (χ4n) is 8.02. The molecule has 0 heterocycles. The average Bonchev–Trinajstić information content (AvgIpc) is 3.30. The lowest BCUT2D eigenvalue weighted by atomic mass is 9.86. The predicted molar refractivity (Wildman–Crippen MR) is 256 cm³/mol. The molecule has 0 aliphatic heterocycles. The Morgan fingerprint density at radius 2 is 0.534 bits per heavy atom. The minimum absolute atomic E-state index is 0.0731. The van der Waals surface area contributed by atoms with Crippen LogP contribution in [0.25, 0.3) is 0 Å². The van der Waals surface area contributed by atoms with Crippen molar-refractivity contribution in [3.05, 3.63) is 252 Å². The maximum Gasteiger partial charge on any atom is 0.155 e. The molecule has 0 aliphatic carbocycles. The molecule has 0 fully saturated rings. The Bertz CT molecular complexity index is 2290. The van der Waals surface area contributed by atoms with Gasteiger partial charge < -0.3 is 0 Å². The first-order valence-electron chi connectivity index (χ1n) is 19.4. The third kappa shape index (κ3) is 8.02. The Morgan fingerprint density at radius 3 is 0.741 bits per heavy atom. The molecule has 8 aromatic rings. The molecule has 2 unspecified atom stereocenters. The first-order valence-corrected chi connectivity index (χ1v) is 23.8. The molecule has 1 nitrogen and oxygen atoms in total. The molecule has 0 radical (unpaired) electrons. The number of carbonyl (C=O) groups is 1. The van der Waals surface area contributed by atoms with E-state index in [-0.39, 0.29) is 5.78 Å². The molecule has 0 saturated carbocycles. The zero-order chi connectivity index (χ0) is 39.8. The van der Waals surface area contributed by atoms with E-state index in [2.05, 4.69) is 194 Å². The van der Waals surface area contributed by atoms with Crippen LogP contribution in [0.4, 0.5) is 0 Å². The molecule has 8 aromatic carbocycles. The van der Waals surface area contributed by atoms with Crippen molar-refractivity contribution in [2.75, 3.05) is 0 Å². The number of hydrogen-bond donors (Lipinski definition) is 0. The van der Waals surface area contributed by atoms with E-state index >= 15 is 4.79 Å². The van der Waals surface area contributed by atoms with E-state index in [1.165, 1.54) is 31.8 Å². The zero-order valence-electron chi connectivity index (χ0n) is 31.8. The van der Waals surface area contributed by atoms with Crippen LogP contribution in [-0.4, -0.2) is 17.4 Å². The summed E-state index contributed by atoms with van der Waals surface area (Å²) in [6.45, 7) is -5.22. The van der Waals surface area contributed by atoms with E-state index in [0.717, 1.165) is 11.1 Å². The van der Waals surface area contributed by atoms with Gasteiger partial charge in [0.05, 0.1) is 11.8 Å². The quantitative estimate of drug-likeness (QED) is 0.112. The molecule has 0 N–H and O–H groups in total. The van der Waals surface area contributed by atoms with Gasteiger partial charge in [0.15, 0.2) is 5.78 Å². The number of carbonyl (C=O) groups excluding carboxylic acids is 1. The van der Waals surface area contributed by atoms with Crippen LogP contribution in [0.3, 0.4) is 0 Å². The largest absolute Gasteiger partial charge is 0.298 e. The number of ketones is 1. The van der Waals surface area contributed by atoms with E-state index in [1.54, 1.807) is 0 Å². The number of Topliss-reactive ketones (excluding diaryl/α,β-unsaturated/α-hetero) is 1. The Balaban J connectivity index is 1.51. The van der Waals surface area contributed by atoms with Crippen molar-refractivity contribution in [3.63, 3.8) is 0 Å². The number of rotatable bonds is 12. The van der Waals surface area contributed by atoms with E-state index in [0.29, 0.717) is 10.0 Å². The smallest absolute Gasteiger partial charge is 0.155 e. The van der Waals surface area contributed by atoms with Gasteiger partial charge in [0.25, 0.3) is 0 Å². The van der Waals surface area contributed by atoms with E-state index < -0.39 is 25.6 Å². The lowest BCUT2D eigenvalue weighted by Crippen LogP contribution is -2.33. The van der Waals surface area contributed by atoms with E-state index in [1.807, 2.05) is 48.5 Å². The van der Waals surface area contributed by atoms with Crippen LogP contribution in [0, 0.1) is 0 Å². The molecule has 0 aromatic heterocycles. The summed E-state index contributed by atoms with van der Waals surface area (Å²) in [5.74, 6) is 3.56. The summed E-state index contributed by atoms with van der Waals surface area (Å²) in [7, 11) is 0. The van der Waals surface area contributed by atoms with Crippen molar-refractivity contribution in [1.29, 1.82) is 0 Å². The first kappa shape index (κ1) is 39.4. The summed E-state index contributed by atoms with van der Waals surface area (Å²) in [6.07, 6.45) is 0. The van der Waals surface area contributed by atoms with Crippen LogP contribution in [-0.2, 0) is 4.79 Å². The van der Waals surface area contributed by atoms with E-state index in [4.69, 9.17) is 23.2 Å². The van der Waals surface area contributed by atoms with Crippen molar-refractivity contribution in [2.24, 2.45) is 0 Å². The number of halogens is 2. The topological polar surface area (TPSA) is 17.1 Å². The van der Waals surface area contributed by atoms with Crippen LogP contribution in [0.5, 0.6) is 0 Å². The van der Waals surface area contributed by atoms with Crippen LogP contribution in [0.2, 0.25) is 10.0 Å². The Hall–Kier alpha value is -5.39. The second-order valence-electron chi connectivity index (χ2n) is 14.2. The van der Waals surface area contributed by atoms with Crippen molar-refractivity contribution in [1.82, 2.24) is 0 Å². The van der Waals surface area contributed by atoms with Gasteiger partial charge in [-0.3, -0.25) is 4.79 Å². The lowest BCUT2D eigenvalue weighted by Gasteiger charge is -2.33. The first-order chi connectivity index (χ1) is 28.5. The van der Waals surface area contributed by atoms with Gasteiger partial charge in [0.2, 0.25) is 0 Å². The summed E-state index contributed by atoms with van der Waals surface area (Å²) in [6, 6.07) is 79.8. The highest BCUT2D eigenvalue weighted by atomic mass is 35.5. The van der Waals surface area contributed by atoms with Crippen LogP contribution >= 0.6 is 37.0 Å². The van der Waals surface area contributed by atoms with Gasteiger partial charge in [-0.05, 0) is 81.0 Å². The van der Waals surface area contributed by atoms with Crippen molar-refractivity contribution < 1.29 is 4.79 Å². The van der Waals surface area contributed by atoms with Gasteiger partial charge in [0.1, 0.15) is 0 Å². The maximum atomic E-state index is 16.5. The second-order valence-corrected chi connectivity index (χ2v) is 21.7. The fraction of sp³-hybridized carbons (Fsp3) is 0.0377. The molecule has 8 rings (SSSR count). The van der Waals surface area contributed by atoms with Crippen molar-refractivity contribution in [3.8, 4) is 0 Å². The summed E-state index contributed by atoms with van der Waals surface area (Å²) in [5.41, 5.74) is 1.77. The van der Waals surface area contributed by atoms with Gasteiger partial charge in [-0.2, -0.15) is 0 Å². The predicted octanol–water partition coefficient (Wildman–Crippen LogP) is 11.0. The van der Waals surface area contributed by atoms with Gasteiger partial charge >= 0.3 is 0 Å². The minimum atomic E-state index is -2.61. The molecular formula is C53H42Cl2OP2. The zero-order valence-corrected chi connectivity index (χ0v) is 35.1. The summed E-state index contributed by atoms with van der Waals surface area (Å²) < 4.78 is 0. The SMILES string of the molecule is O=C(C(C=P(c1ccccc1)(c1ccccc1)c1ccccc1)c1ccc(Cl)cc1)C(C=P(c1ccccc1)(c1ccccc1)c1ccccc1)c1ccc(Cl)cc1. The molecule has 284 valence electrons. The van der Waals surface area contributed by atoms with Gasteiger partial charge in [-0.1, -0.05) is 241 Å². The summed E-state index contributed by atoms with van der Waals surface area (Å²) in [4.78, 5) is 16.5. The van der Waals surface area contributed by atoms with Gasteiger partial charge in [0, 0.05) is 10.0 Å². The van der Waals surface area contributed by atoms with Crippen LogP contribution < -0.4 is 31.8 Å². The van der Waals surface area contributed by atoms with Crippen molar-refractivity contribution in [2.45, 2.75) is 11.8 Å². The number of hydrogen-bond acceptors (Lipinski definition) is 1. The molecule has 58 heavy (non-hydrogen) atoms. The van der Waals surface area contributed by atoms with Gasteiger partial charge in [-0.25, -0.2) is 0 Å². The van der Waals surface area contributed by atoms with Crippen LogP contribution in [0.15, 0.2) is 231 Å². The monoisotopic (exact) mass is 826 g/mol.